The maximum Gasteiger partial charge on any atom is 0.417 e. The largest absolute Gasteiger partial charge is 0.417 e. The molecule has 5 unspecified atom stereocenters. The average molecular weight is 220 g/mol. The maximum atomic E-state index is 12.8. The SMILES string of the molecule is OC1(C(F)(F)F)CC2CC1C1CCCC21. The third-order valence-electron chi connectivity index (χ3n) is 4.98. The normalized spacial score (nSPS) is 53.6. The van der Waals surface area contributed by atoms with Crippen LogP contribution in [0.5, 0.6) is 0 Å². The van der Waals surface area contributed by atoms with Gasteiger partial charge >= 0.3 is 6.18 Å². The highest BCUT2D eigenvalue weighted by Crippen LogP contribution is 2.65. The van der Waals surface area contributed by atoms with Crippen molar-refractivity contribution < 1.29 is 18.3 Å². The summed E-state index contributed by atoms with van der Waals surface area (Å²) < 4.78 is 38.4. The number of aliphatic hydroxyl groups is 1. The second-order valence-electron chi connectivity index (χ2n) is 5.49. The number of hydrogen-bond donors (Lipinski definition) is 1. The molecule has 0 radical (unpaired) electrons. The van der Waals surface area contributed by atoms with Crippen molar-refractivity contribution in [2.24, 2.45) is 23.7 Å². The second-order valence-corrected chi connectivity index (χ2v) is 5.49. The molecule has 86 valence electrons. The summed E-state index contributed by atoms with van der Waals surface area (Å²) in [6, 6.07) is 0. The van der Waals surface area contributed by atoms with Crippen LogP contribution in [0.15, 0.2) is 0 Å². The Balaban J connectivity index is 1.92. The van der Waals surface area contributed by atoms with Crippen molar-refractivity contribution in [1.29, 1.82) is 0 Å². The molecule has 3 rings (SSSR count). The molecule has 0 aromatic rings. The smallest absolute Gasteiger partial charge is 0.380 e. The molecule has 3 saturated carbocycles. The molecule has 1 N–H and O–H groups in total. The fourth-order valence-corrected chi connectivity index (χ4v) is 4.44. The van der Waals surface area contributed by atoms with Crippen LogP contribution in [0.25, 0.3) is 0 Å². The first kappa shape index (κ1) is 9.94. The van der Waals surface area contributed by atoms with Crippen LogP contribution in [0.3, 0.4) is 0 Å². The van der Waals surface area contributed by atoms with E-state index in [0.29, 0.717) is 12.3 Å². The number of alkyl halides is 3. The molecule has 2 bridgehead atoms. The van der Waals surface area contributed by atoms with Gasteiger partial charge in [0.15, 0.2) is 5.60 Å². The van der Waals surface area contributed by atoms with Gasteiger partial charge in [-0.25, -0.2) is 0 Å². The molecule has 0 heterocycles. The van der Waals surface area contributed by atoms with E-state index < -0.39 is 17.7 Å². The van der Waals surface area contributed by atoms with Gasteiger partial charge in [0.25, 0.3) is 0 Å². The molecule has 0 amide bonds. The van der Waals surface area contributed by atoms with Crippen LogP contribution in [-0.4, -0.2) is 16.9 Å². The van der Waals surface area contributed by atoms with Crippen LogP contribution in [0.4, 0.5) is 13.2 Å². The Kier molecular flexibility index (Phi) is 1.79. The van der Waals surface area contributed by atoms with E-state index in [-0.39, 0.29) is 18.3 Å². The Morgan fingerprint density at radius 3 is 2.47 bits per heavy atom. The van der Waals surface area contributed by atoms with E-state index in [1.807, 2.05) is 0 Å². The predicted molar refractivity (Wildman–Crippen MR) is 48.0 cm³/mol. The Hall–Kier alpha value is -0.250. The van der Waals surface area contributed by atoms with Crippen molar-refractivity contribution >= 4 is 0 Å². The van der Waals surface area contributed by atoms with Crippen LogP contribution >= 0.6 is 0 Å². The van der Waals surface area contributed by atoms with E-state index >= 15 is 0 Å². The molecule has 3 aliphatic carbocycles. The molecule has 5 atom stereocenters. The Morgan fingerprint density at radius 2 is 1.80 bits per heavy atom. The Morgan fingerprint density at radius 1 is 1.13 bits per heavy atom. The summed E-state index contributed by atoms with van der Waals surface area (Å²) in [7, 11) is 0. The highest BCUT2D eigenvalue weighted by Gasteiger charge is 2.70. The number of hydrogen-bond acceptors (Lipinski definition) is 1. The average Bonchev–Trinajstić information content (AvgIpc) is 2.68. The van der Waals surface area contributed by atoms with Crippen LogP contribution in [-0.2, 0) is 0 Å². The van der Waals surface area contributed by atoms with Gasteiger partial charge in [0.1, 0.15) is 0 Å². The molecule has 0 aliphatic heterocycles. The minimum Gasteiger partial charge on any atom is -0.380 e. The summed E-state index contributed by atoms with van der Waals surface area (Å²) in [6.07, 6.45) is -0.839. The van der Waals surface area contributed by atoms with E-state index in [4.69, 9.17) is 0 Å². The highest BCUT2D eigenvalue weighted by atomic mass is 19.4. The Bertz CT molecular complexity index is 288. The van der Waals surface area contributed by atoms with Crippen molar-refractivity contribution in [3.8, 4) is 0 Å². The molecule has 0 aromatic carbocycles. The van der Waals surface area contributed by atoms with Gasteiger partial charge in [-0.15, -0.1) is 0 Å². The monoisotopic (exact) mass is 220 g/mol. The molecular weight excluding hydrogens is 205 g/mol. The first-order valence-corrected chi connectivity index (χ1v) is 5.72. The molecule has 1 nitrogen and oxygen atoms in total. The van der Waals surface area contributed by atoms with E-state index in [1.165, 1.54) is 0 Å². The van der Waals surface area contributed by atoms with Crippen LogP contribution in [0, 0.1) is 23.7 Å². The summed E-state index contributed by atoms with van der Waals surface area (Å²) in [5.74, 6) is 0.261. The van der Waals surface area contributed by atoms with Crippen LogP contribution in [0.2, 0.25) is 0 Å². The van der Waals surface area contributed by atoms with E-state index in [2.05, 4.69) is 0 Å². The molecule has 4 heteroatoms. The molecule has 3 aliphatic rings. The number of halogens is 3. The fourth-order valence-electron chi connectivity index (χ4n) is 4.44. The lowest BCUT2D eigenvalue weighted by atomic mass is 9.72. The first-order chi connectivity index (χ1) is 6.93. The topological polar surface area (TPSA) is 20.2 Å². The molecular formula is C11H15F3O. The summed E-state index contributed by atoms with van der Waals surface area (Å²) in [5.41, 5.74) is -2.36. The fraction of sp³-hybridized carbons (Fsp3) is 1.00. The summed E-state index contributed by atoms with van der Waals surface area (Å²) in [5, 5.41) is 9.84. The molecule has 0 saturated heterocycles. The quantitative estimate of drug-likeness (QED) is 0.665. The summed E-state index contributed by atoms with van der Waals surface area (Å²) in [6.45, 7) is 0. The molecule has 15 heavy (non-hydrogen) atoms. The van der Waals surface area contributed by atoms with E-state index in [0.717, 1.165) is 19.3 Å². The second kappa shape index (κ2) is 2.70. The molecule has 3 fully saturated rings. The summed E-state index contributed by atoms with van der Waals surface area (Å²) in [4.78, 5) is 0. The van der Waals surface area contributed by atoms with Gasteiger partial charge in [0, 0.05) is 0 Å². The van der Waals surface area contributed by atoms with Gasteiger partial charge in [-0.3, -0.25) is 0 Å². The zero-order chi connectivity index (χ0) is 10.8. The highest BCUT2D eigenvalue weighted by molar-refractivity contribution is 5.12. The predicted octanol–water partition coefficient (Wildman–Crippen LogP) is 2.74. The van der Waals surface area contributed by atoms with Gasteiger partial charge in [-0.05, 0) is 49.4 Å². The number of rotatable bonds is 0. The third kappa shape index (κ3) is 1.09. The summed E-state index contributed by atoms with van der Waals surface area (Å²) >= 11 is 0. The minimum atomic E-state index is -4.43. The maximum absolute atomic E-state index is 12.8. The lowest BCUT2D eigenvalue weighted by Gasteiger charge is -2.39. The van der Waals surface area contributed by atoms with Gasteiger partial charge in [0.2, 0.25) is 0 Å². The lowest BCUT2D eigenvalue weighted by Crippen LogP contribution is -2.52. The zero-order valence-corrected chi connectivity index (χ0v) is 8.43. The van der Waals surface area contributed by atoms with Gasteiger partial charge in [-0.1, -0.05) is 6.42 Å². The van der Waals surface area contributed by atoms with Crippen molar-refractivity contribution in [3.63, 3.8) is 0 Å². The van der Waals surface area contributed by atoms with Crippen LogP contribution in [0.1, 0.15) is 32.1 Å². The first-order valence-electron chi connectivity index (χ1n) is 5.72. The van der Waals surface area contributed by atoms with Crippen LogP contribution < -0.4 is 0 Å². The minimum absolute atomic E-state index is 0.0394. The standard InChI is InChI=1S/C11H15F3O/c12-11(13,14)10(15)5-6-4-9(10)8-3-1-2-7(6)8/h6-9,15H,1-5H2. The van der Waals surface area contributed by atoms with E-state index in [1.54, 1.807) is 0 Å². The molecule has 0 spiro atoms. The van der Waals surface area contributed by atoms with Gasteiger partial charge < -0.3 is 5.11 Å². The zero-order valence-electron chi connectivity index (χ0n) is 8.43. The molecule has 0 aromatic heterocycles. The van der Waals surface area contributed by atoms with Crippen molar-refractivity contribution in [2.75, 3.05) is 0 Å². The third-order valence-corrected chi connectivity index (χ3v) is 4.98. The van der Waals surface area contributed by atoms with E-state index in [9.17, 15) is 18.3 Å². The van der Waals surface area contributed by atoms with Crippen molar-refractivity contribution in [3.05, 3.63) is 0 Å². The van der Waals surface area contributed by atoms with Crippen molar-refractivity contribution in [2.45, 2.75) is 43.9 Å². The van der Waals surface area contributed by atoms with Gasteiger partial charge in [-0.2, -0.15) is 13.2 Å². The Labute approximate surface area is 86.7 Å². The van der Waals surface area contributed by atoms with Gasteiger partial charge in [0.05, 0.1) is 0 Å². The lowest BCUT2D eigenvalue weighted by molar-refractivity contribution is -0.284. The van der Waals surface area contributed by atoms with Crippen molar-refractivity contribution in [1.82, 2.24) is 0 Å². The number of fused-ring (bicyclic) bond motifs is 5.